The van der Waals surface area contributed by atoms with Crippen LogP contribution in [0.2, 0.25) is 0 Å². The Kier molecular flexibility index (Phi) is 8.58. The Balaban J connectivity index is 1.36. The van der Waals surface area contributed by atoms with Gasteiger partial charge in [-0.2, -0.15) is 0 Å². The summed E-state index contributed by atoms with van der Waals surface area (Å²) in [7, 11) is 0. The molecular formula is C22H35N3O4. The minimum atomic E-state index is -0.455. The molecule has 1 aromatic carbocycles. The predicted octanol–water partition coefficient (Wildman–Crippen LogP) is 2.19. The van der Waals surface area contributed by atoms with Crippen molar-refractivity contribution >= 4 is 6.09 Å². The molecule has 2 aliphatic rings. The summed E-state index contributed by atoms with van der Waals surface area (Å²) in [5.74, 6) is 0.790. The van der Waals surface area contributed by atoms with Crippen LogP contribution in [-0.2, 0) is 11.3 Å². The van der Waals surface area contributed by atoms with E-state index in [0.29, 0.717) is 32.8 Å². The van der Waals surface area contributed by atoms with E-state index in [1.165, 1.54) is 24.8 Å². The van der Waals surface area contributed by atoms with Gasteiger partial charge in [0, 0.05) is 39.3 Å². The summed E-state index contributed by atoms with van der Waals surface area (Å²) in [4.78, 5) is 18.2. The third-order valence-corrected chi connectivity index (χ3v) is 5.59. The minimum absolute atomic E-state index is 0.212. The molecular weight excluding hydrogens is 370 g/mol. The maximum atomic E-state index is 11.8. The third-order valence-electron chi connectivity index (χ3n) is 5.59. The lowest BCUT2D eigenvalue weighted by Crippen LogP contribution is -2.48. The van der Waals surface area contributed by atoms with Crippen molar-refractivity contribution in [3.8, 4) is 5.75 Å². The second-order valence-corrected chi connectivity index (χ2v) is 7.93. The van der Waals surface area contributed by atoms with Gasteiger partial charge < -0.3 is 24.4 Å². The van der Waals surface area contributed by atoms with Crippen molar-refractivity contribution in [1.29, 1.82) is 0 Å². The second kappa shape index (κ2) is 11.4. The molecule has 2 heterocycles. The van der Waals surface area contributed by atoms with Crippen LogP contribution in [-0.4, -0.2) is 91.0 Å². The number of aliphatic hydroxyl groups excluding tert-OH is 1. The van der Waals surface area contributed by atoms with Crippen LogP contribution >= 0.6 is 0 Å². The standard InChI is InChI=1S/C22H35N3O4/c1-2-28-22(27)25-14-12-24(13-15-25)16-19-6-8-21(9-7-19)29-18-20(26)17-23-10-4-3-5-11-23/h6-9,20,26H,2-5,10-18H2,1H3/t20-/m1/s1. The molecule has 3 rings (SSSR count). The summed E-state index contributed by atoms with van der Waals surface area (Å²) >= 11 is 0. The molecule has 1 N–H and O–H groups in total. The highest BCUT2D eigenvalue weighted by atomic mass is 16.6. The van der Waals surface area contributed by atoms with Crippen molar-refractivity contribution in [1.82, 2.24) is 14.7 Å². The Morgan fingerprint density at radius 1 is 1.00 bits per heavy atom. The molecule has 0 spiro atoms. The number of amides is 1. The van der Waals surface area contributed by atoms with Crippen LogP contribution in [0.25, 0.3) is 0 Å². The SMILES string of the molecule is CCOC(=O)N1CCN(Cc2ccc(OC[C@H](O)CN3CCCCC3)cc2)CC1. The molecule has 0 radical (unpaired) electrons. The smallest absolute Gasteiger partial charge is 0.409 e. The van der Waals surface area contributed by atoms with Crippen LogP contribution in [0.4, 0.5) is 4.79 Å². The van der Waals surface area contributed by atoms with Crippen molar-refractivity contribution < 1.29 is 19.4 Å². The molecule has 0 aromatic heterocycles. The number of piperidine rings is 1. The van der Waals surface area contributed by atoms with Gasteiger partial charge in [0.05, 0.1) is 6.61 Å². The Morgan fingerprint density at radius 3 is 2.34 bits per heavy atom. The average Bonchev–Trinajstić information content (AvgIpc) is 2.75. The number of ether oxygens (including phenoxy) is 2. The lowest BCUT2D eigenvalue weighted by Gasteiger charge is -2.34. The van der Waals surface area contributed by atoms with E-state index in [9.17, 15) is 9.90 Å². The molecule has 2 fully saturated rings. The Morgan fingerprint density at radius 2 is 1.69 bits per heavy atom. The predicted molar refractivity (Wildman–Crippen MR) is 112 cm³/mol. The Bertz CT molecular complexity index is 611. The number of benzene rings is 1. The van der Waals surface area contributed by atoms with E-state index >= 15 is 0 Å². The molecule has 2 aliphatic heterocycles. The monoisotopic (exact) mass is 405 g/mol. The highest BCUT2D eigenvalue weighted by Crippen LogP contribution is 2.16. The summed E-state index contributed by atoms with van der Waals surface area (Å²) in [6.45, 7) is 9.39. The van der Waals surface area contributed by atoms with E-state index in [1.807, 2.05) is 19.1 Å². The van der Waals surface area contributed by atoms with Crippen LogP contribution in [0.5, 0.6) is 5.75 Å². The fourth-order valence-electron chi connectivity index (χ4n) is 3.94. The summed E-state index contributed by atoms with van der Waals surface area (Å²) in [5, 5.41) is 10.2. The largest absolute Gasteiger partial charge is 0.491 e. The van der Waals surface area contributed by atoms with E-state index < -0.39 is 6.10 Å². The third kappa shape index (κ3) is 7.17. The minimum Gasteiger partial charge on any atom is -0.491 e. The number of piperazine rings is 1. The van der Waals surface area contributed by atoms with Crippen molar-refractivity contribution in [3.63, 3.8) is 0 Å². The topological polar surface area (TPSA) is 65.5 Å². The van der Waals surface area contributed by atoms with E-state index in [4.69, 9.17) is 9.47 Å². The molecule has 1 amide bonds. The average molecular weight is 406 g/mol. The molecule has 0 bridgehead atoms. The van der Waals surface area contributed by atoms with Gasteiger partial charge in [0.2, 0.25) is 0 Å². The summed E-state index contributed by atoms with van der Waals surface area (Å²) < 4.78 is 10.8. The molecule has 7 heteroatoms. The van der Waals surface area contributed by atoms with Crippen molar-refractivity contribution in [3.05, 3.63) is 29.8 Å². The Labute approximate surface area is 174 Å². The quantitative estimate of drug-likeness (QED) is 0.715. The number of aliphatic hydroxyl groups is 1. The van der Waals surface area contributed by atoms with Crippen molar-refractivity contribution in [2.75, 3.05) is 59.0 Å². The van der Waals surface area contributed by atoms with E-state index in [1.54, 1.807) is 4.90 Å². The Hall–Kier alpha value is -1.83. The summed E-state index contributed by atoms with van der Waals surface area (Å²) in [6, 6.07) is 8.09. The van der Waals surface area contributed by atoms with Gasteiger partial charge in [-0.25, -0.2) is 4.79 Å². The van der Waals surface area contributed by atoms with Gasteiger partial charge in [0.1, 0.15) is 18.5 Å². The van der Waals surface area contributed by atoms with Gasteiger partial charge in [0.25, 0.3) is 0 Å². The number of hydrogen-bond donors (Lipinski definition) is 1. The first-order valence-electron chi connectivity index (χ1n) is 10.9. The van der Waals surface area contributed by atoms with E-state index in [0.717, 1.165) is 38.5 Å². The maximum absolute atomic E-state index is 11.8. The van der Waals surface area contributed by atoms with Crippen molar-refractivity contribution in [2.45, 2.75) is 38.8 Å². The van der Waals surface area contributed by atoms with E-state index in [2.05, 4.69) is 21.9 Å². The van der Waals surface area contributed by atoms with Gasteiger partial charge >= 0.3 is 6.09 Å². The fourth-order valence-corrected chi connectivity index (χ4v) is 3.94. The molecule has 0 unspecified atom stereocenters. The maximum Gasteiger partial charge on any atom is 0.409 e. The van der Waals surface area contributed by atoms with Gasteiger partial charge in [-0.05, 0) is 50.6 Å². The molecule has 29 heavy (non-hydrogen) atoms. The summed E-state index contributed by atoms with van der Waals surface area (Å²) in [5.41, 5.74) is 1.22. The highest BCUT2D eigenvalue weighted by Gasteiger charge is 2.21. The first kappa shape index (κ1) is 21.9. The zero-order chi connectivity index (χ0) is 20.5. The molecule has 1 aromatic rings. The number of nitrogens with zero attached hydrogens (tertiary/aromatic N) is 3. The van der Waals surface area contributed by atoms with Crippen LogP contribution in [0, 0.1) is 0 Å². The number of likely N-dealkylation sites (tertiary alicyclic amines) is 1. The van der Waals surface area contributed by atoms with Gasteiger partial charge in [0.15, 0.2) is 0 Å². The first-order valence-corrected chi connectivity index (χ1v) is 10.9. The molecule has 162 valence electrons. The number of hydrogen-bond acceptors (Lipinski definition) is 6. The normalized spacial score (nSPS) is 19.7. The first-order chi connectivity index (χ1) is 14.1. The lowest BCUT2D eigenvalue weighted by molar-refractivity contribution is 0.0617. The molecule has 2 saturated heterocycles. The number of carbonyl (C=O) groups is 1. The molecule has 0 aliphatic carbocycles. The molecule has 1 atom stereocenters. The molecule has 7 nitrogen and oxygen atoms in total. The lowest BCUT2D eigenvalue weighted by atomic mass is 10.1. The summed E-state index contributed by atoms with van der Waals surface area (Å²) in [6.07, 6.45) is 3.09. The van der Waals surface area contributed by atoms with Gasteiger partial charge in [-0.3, -0.25) is 4.90 Å². The molecule has 0 saturated carbocycles. The fraction of sp³-hybridized carbons (Fsp3) is 0.682. The van der Waals surface area contributed by atoms with Crippen LogP contribution in [0.15, 0.2) is 24.3 Å². The van der Waals surface area contributed by atoms with Crippen LogP contribution in [0.1, 0.15) is 31.7 Å². The number of carbonyl (C=O) groups excluding carboxylic acids is 1. The van der Waals surface area contributed by atoms with Crippen LogP contribution < -0.4 is 4.74 Å². The second-order valence-electron chi connectivity index (χ2n) is 7.93. The number of β-amino-alcohol motifs (C(OH)–C–C–N with tert-alkyl or cyclic N) is 1. The number of rotatable bonds is 8. The van der Waals surface area contributed by atoms with Gasteiger partial charge in [-0.1, -0.05) is 18.6 Å². The highest BCUT2D eigenvalue weighted by molar-refractivity contribution is 5.67. The van der Waals surface area contributed by atoms with Crippen LogP contribution in [0.3, 0.4) is 0 Å². The zero-order valence-electron chi connectivity index (χ0n) is 17.6. The van der Waals surface area contributed by atoms with E-state index in [-0.39, 0.29) is 6.09 Å². The van der Waals surface area contributed by atoms with Crippen molar-refractivity contribution in [2.24, 2.45) is 0 Å². The van der Waals surface area contributed by atoms with Gasteiger partial charge in [-0.15, -0.1) is 0 Å². The zero-order valence-corrected chi connectivity index (χ0v) is 17.6.